The number of nitrogens with one attached hydrogen (secondary N) is 1. The molecule has 0 aliphatic heterocycles. The first-order valence-corrected chi connectivity index (χ1v) is 7.50. The molecule has 20 heavy (non-hydrogen) atoms. The van der Waals surface area contributed by atoms with Crippen molar-refractivity contribution in [2.75, 3.05) is 4.72 Å². The third-order valence-electron chi connectivity index (χ3n) is 2.39. The summed E-state index contributed by atoms with van der Waals surface area (Å²) in [7, 11) is -3.89. The molecule has 2 aromatic rings. The number of hydrogen-bond acceptors (Lipinski definition) is 3. The van der Waals surface area contributed by atoms with Crippen LogP contribution in [0.1, 0.15) is 0 Å². The third kappa shape index (κ3) is 3.15. The number of halogens is 3. The van der Waals surface area contributed by atoms with Crippen molar-refractivity contribution in [3.8, 4) is 5.75 Å². The second-order valence-electron chi connectivity index (χ2n) is 3.85. The molecule has 0 amide bonds. The van der Waals surface area contributed by atoms with Gasteiger partial charge >= 0.3 is 0 Å². The molecule has 0 spiro atoms. The van der Waals surface area contributed by atoms with Crippen molar-refractivity contribution in [2.24, 2.45) is 0 Å². The summed E-state index contributed by atoms with van der Waals surface area (Å²) in [6, 6.07) is 6.74. The number of aromatic hydroxyl groups is 1. The molecule has 0 atom stereocenters. The molecule has 0 aliphatic rings. The van der Waals surface area contributed by atoms with E-state index in [1.165, 1.54) is 12.1 Å². The highest BCUT2D eigenvalue weighted by Crippen LogP contribution is 2.35. The van der Waals surface area contributed by atoms with E-state index in [2.05, 4.69) is 4.72 Å². The van der Waals surface area contributed by atoms with Crippen LogP contribution in [0.4, 0.5) is 10.1 Å². The first kappa shape index (κ1) is 14.9. The average Bonchev–Trinajstić information content (AvgIpc) is 2.36. The van der Waals surface area contributed by atoms with Crippen LogP contribution in [0.3, 0.4) is 0 Å². The summed E-state index contributed by atoms with van der Waals surface area (Å²) in [5.74, 6) is -0.877. The maximum absolute atomic E-state index is 12.8. The summed E-state index contributed by atoms with van der Waals surface area (Å²) in [5, 5.41) is 9.22. The maximum atomic E-state index is 12.8. The lowest BCUT2D eigenvalue weighted by atomic mass is 10.3. The van der Waals surface area contributed by atoms with Crippen LogP contribution in [0.2, 0.25) is 10.0 Å². The lowest BCUT2D eigenvalue weighted by Crippen LogP contribution is -2.12. The zero-order chi connectivity index (χ0) is 14.9. The Kier molecular flexibility index (Phi) is 4.08. The summed E-state index contributed by atoms with van der Waals surface area (Å²) < 4.78 is 39.1. The average molecular weight is 336 g/mol. The Hall–Kier alpha value is -1.50. The van der Waals surface area contributed by atoms with Gasteiger partial charge in [-0.05, 0) is 36.4 Å². The highest BCUT2D eigenvalue weighted by molar-refractivity contribution is 7.92. The third-order valence-corrected chi connectivity index (χ3v) is 4.37. The second-order valence-corrected chi connectivity index (χ2v) is 6.34. The van der Waals surface area contributed by atoms with E-state index >= 15 is 0 Å². The van der Waals surface area contributed by atoms with Crippen LogP contribution in [-0.2, 0) is 10.0 Å². The standard InChI is InChI=1S/C12H8Cl2FNO3S/c13-10-5-8(6-11(14)12(10)17)16-20(18,19)9-3-1-7(15)2-4-9/h1-6,16-17H. The minimum atomic E-state index is -3.89. The van der Waals surface area contributed by atoms with E-state index < -0.39 is 15.8 Å². The number of phenols is 1. The van der Waals surface area contributed by atoms with Crippen LogP contribution in [0, 0.1) is 5.82 Å². The molecule has 0 saturated heterocycles. The normalized spacial score (nSPS) is 11.3. The summed E-state index contributed by atoms with van der Waals surface area (Å²) in [4.78, 5) is -0.112. The summed E-state index contributed by atoms with van der Waals surface area (Å²) in [6.45, 7) is 0. The second kappa shape index (κ2) is 5.47. The number of sulfonamides is 1. The SMILES string of the molecule is O=S(=O)(Nc1cc(Cl)c(O)c(Cl)c1)c1ccc(F)cc1. The van der Waals surface area contributed by atoms with Crippen molar-refractivity contribution in [3.63, 3.8) is 0 Å². The zero-order valence-corrected chi connectivity index (χ0v) is 12.1. The number of phenolic OH excluding ortho intramolecular Hbond substituents is 1. The largest absolute Gasteiger partial charge is 0.505 e. The summed E-state index contributed by atoms with van der Waals surface area (Å²) in [5.41, 5.74) is 0.0853. The van der Waals surface area contributed by atoms with Gasteiger partial charge in [0.15, 0.2) is 5.75 Å². The van der Waals surface area contributed by atoms with Crippen molar-refractivity contribution in [2.45, 2.75) is 4.90 Å². The van der Waals surface area contributed by atoms with Gasteiger partial charge in [-0.1, -0.05) is 23.2 Å². The first-order valence-electron chi connectivity index (χ1n) is 5.26. The fraction of sp³-hybridized carbons (Fsp3) is 0. The van der Waals surface area contributed by atoms with Gasteiger partial charge in [-0.3, -0.25) is 4.72 Å². The van der Waals surface area contributed by atoms with Crippen LogP contribution < -0.4 is 4.72 Å². The monoisotopic (exact) mass is 335 g/mol. The van der Waals surface area contributed by atoms with E-state index in [1.807, 2.05) is 0 Å². The molecule has 8 heteroatoms. The number of rotatable bonds is 3. The Morgan fingerprint density at radius 2 is 1.55 bits per heavy atom. The van der Waals surface area contributed by atoms with Crippen molar-refractivity contribution >= 4 is 38.9 Å². The molecule has 0 unspecified atom stereocenters. The topological polar surface area (TPSA) is 66.4 Å². The molecule has 0 aromatic heterocycles. The van der Waals surface area contributed by atoms with E-state index in [0.29, 0.717) is 0 Å². The van der Waals surface area contributed by atoms with Crippen molar-refractivity contribution < 1.29 is 17.9 Å². The van der Waals surface area contributed by atoms with Crippen LogP contribution in [0.15, 0.2) is 41.3 Å². The molecule has 2 N–H and O–H groups in total. The molecule has 4 nitrogen and oxygen atoms in total. The Morgan fingerprint density at radius 1 is 1.05 bits per heavy atom. The maximum Gasteiger partial charge on any atom is 0.261 e. The van der Waals surface area contributed by atoms with Gasteiger partial charge in [-0.25, -0.2) is 12.8 Å². The molecule has 0 saturated carbocycles. The quantitative estimate of drug-likeness (QED) is 0.841. The highest BCUT2D eigenvalue weighted by atomic mass is 35.5. The Morgan fingerprint density at radius 3 is 2.05 bits per heavy atom. The summed E-state index contributed by atoms with van der Waals surface area (Å²) >= 11 is 11.4. The van der Waals surface area contributed by atoms with E-state index in [1.54, 1.807) is 0 Å². The number of anilines is 1. The van der Waals surface area contributed by atoms with Gasteiger partial charge in [0.05, 0.1) is 20.6 Å². The molecule has 2 aromatic carbocycles. The molecular weight excluding hydrogens is 328 g/mol. The van der Waals surface area contributed by atoms with Crippen LogP contribution in [0.25, 0.3) is 0 Å². The van der Waals surface area contributed by atoms with Gasteiger partial charge in [0, 0.05) is 0 Å². The smallest absolute Gasteiger partial charge is 0.261 e. The van der Waals surface area contributed by atoms with Gasteiger partial charge in [-0.15, -0.1) is 0 Å². The highest BCUT2D eigenvalue weighted by Gasteiger charge is 2.16. The molecule has 0 radical (unpaired) electrons. The molecule has 0 aliphatic carbocycles. The van der Waals surface area contributed by atoms with Gasteiger partial charge in [-0.2, -0.15) is 0 Å². The van der Waals surface area contributed by atoms with Gasteiger partial charge in [0.25, 0.3) is 10.0 Å². The Balaban J connectivity index is 2.36. The van der Waals surface area contributed by atoms with Crippen molar-refractivity contribution in [1.82, 2.24) is 0 Å². The van der Waals surface area contributed by atoms with E-state index in [-0.39, 0.29) is 26.4 Å². The Labute approximate surface area is 124 Å². The van der Waals surface area contributed by atoms with Crippen LogP contribution in [-0.4, -0.2) is 13.5 Å². The lowest BCUT2D eigenvalue weighted by Gasteiger charge is -2.10. The predicted molar refractivity (Wildman–Crippen MR) is 75.3 cm³/mol. The first-order chi connectivity index (χ1) is 9.29. The van der Waals surface area contributed by atoms with E-state index in [4.69, 9.17) is 23.2 Å². The fourth-order valence-corrected chi connectivity index (χ4v) is 2.98. The molecular formula is C12H8Cl2FNO3S. The van der Waals surface area contributed by atoms with E-state index in [0.717, 1.165) is 24.3 Å². The number of benzene rings is 2. The van der Waals surface area contributed by atoms with Gasteiger partial charge in [0.2, 0.25) is 0 Å². The molecule has 0 bridgehead atoms. The molecule has 106 valence electrons. The molecule has 0 fully saturated rings. The number of hydrogen-bond donors (Lipinski definition) is 2. The van der Waals surface area contributed by atoms with Gasteiger partial charge < -0.3 is 5.11 Å². The van der Waals surface area contributed by atoms with Crippen LogP contribution >= 0.6 is 23.2 Å². The fourth-order valence-electron chi connectivity index (χ4n) is 1.45. The lowest BCUT2D eigenvalue weighted by molar-refractivity contribution is 0.476. The minimum absolute atomic E-state index is 0.0853. The zero-order valence-electron chi connectivity index (χ0n) is 9.77. The molecule has 2 rings (SSSR count). The van der Waals surface area contributed by atoms with Crippen LogP contribution in [0.5, 0.6) is 5.75 Å². The predicted octanol–water partition coefficient (Wildman–Crippen LogP) is 3.64. The molecule has 0 heterocycles. The van der Waals surface area contributed by atoms with Crippen molar-refractivity contribution in [1.29, 1.82) is 0 Å². The minimum Gasteiger partial charge on any atom is -0.505 e. The summed E-state index contributed by atoms with van der Waals surface area (Å²) in [6.07, 6.45) is 0. The van der Waals surface area contributed by atoms with E-state index in [9.17, 15) is 17.9 Å². The Bertz CT molecular complexity index is 725. The van der Waals surface area contributed by atoms with Crippen molar-refractivity contribution in [3.05, 3.63) is 52.3 Å². The van der Waals surface area contributed by atoms with Gasteiger partial charge in [0.1, 0.15) is 5.82 Å².